The number of benzene rings is 1. The summed E-state index contributed by atoms with van der Waals surface area (Å²) in [6.07, 6.45) is 3.20. The number of amides is 1. The molecule has 1 fully saturated rings. The van der Waals surface area contributed by atoms with Gasteiger partial charge in [-0.1, -0.05) is 49.8 Å². The van der Waals surface area contributed by atoms with Crippen LogP contribution in [0.3, 0.4) is 0 Å². The molecule has 1 aliphatic heterocycles. The Hall–Kier alpha value is -2.12. The maximum Gasteiger partial charge on any atom is 0.264 e. The molecule has 2 rings (SSSR count). The molecule has 0 saturated carbocycles. The number of allylic oxidation sites excluding steroid dienone is 1. The number of nitrogens with zero attached hydrogens (tertiary/aromatic N) is 2. The number of piperidine rings is 1. The van der Waals surface area contributed by atoms with Gasteiger partial charge in [-0.15, -0.1) is 0 Å². The molecule has 1 aromatic carbocycles. The van der Waals surface area contributed by atoms with Gasteiger partial charge in [0.05, 0.1) is 12.1 Å². The Morgan fingerprint density at radius 3 is 2.67 bits per heavy atom. The Kier molecular flexibility index (Phi) is 6.16. The van der Waals surface area contributed by atoms with Gasteiger partial charge in [0.2, 0.25) is 0 Å². The van der Waals surface area contributed by atoms with Crippen LogP contribution in [0, 0.1) is 24.2 Å². The highest BCUT2D eigenvalue weighted by atomic mass is 16.3. The van der Waals surface area contributed by atoms with Gasteiger partial charge in [0.25, 0.3) is 5.91 Å². The first-order valence-electron chi connectivity index (χ1n) is 8.59. The monoisotopic (exact) mass is 326 g/mol. The van der Waals surface area contributed by atoms with Crippen LogP contribution < -0.4 is 0 Å². The van der Waals surface area contributed by atoms with Gasteiger partial charge in [0.15, 0.2) is 0 Å². The minimum atomic E-state index is -0.553. The molecule has 128 valence electrons. The first-order valence-corrected chi connectivity index (χ1v) is 8.59. The molecule has 0 aliphatic carbocycles. The second-order valence-electron chi connectivity index (χ2n) is 6.90. The quantitative estimate of drug-likeness (QED) is 0.683. The average Bonchev–Trinajstić information content (AvgIpc) is 2.55. The van der Waals surface area contributed by atoms with Gasteiger partial charge in [-0.05, 0) is 37.7 Å². The number of aliphatic hydroxyl groups excluding tert-OH is 1. The molecule has 1 heterocycles. The Labute approximate surface area is 144 Å². The lowest BCUT2D eigenvalue weighted by molar-refractivity contribution is -0.134. The largest absolute Gasteiger partial charge is 0.391 e. The molecule has 0 unspecified atom stereocenters. The van der Waals surface area contributed by atoms with E-state index < -0.39 is 6.10 Å². The van der Waals surface area contributed by atoms with Gasteiger partial charge in [-0.2, -0.15) is 5.26 Å². The number of aliphatic hydroxyl groups is 1. The highest BCUT2D eigenvalue weighted by Gasteiger charge is 2.34. The van der Waals surface area contributed by atoms with Gasteiger partial charge in [0, 0.05) is 6.54 Å². The summed E-state index contributed by atoms with van der Waals surface area (Å²) in [4.78, 5) is 14.5. The summed E-state index contributed by atoms with van der Waals surface area (Å²) in [6, 6.07) is 9.89. The summed E-state index contributed by atoms with van der Waals surface area (Å²) >= 11 is 0. The first-order chi connectivity index (χ1) is 11.4. The van der Waals surface area contributed by atoms with Crippen LogP contribution >= 0.6 is 0 Å². The fraction of sp³-hybridized carbons (Fsp3) is 0.500. The normalized spacial score (nSPS) is 21.7. The van der Waals surface area contributed by atoms with E-state index in [4.69, 9.17) is 0 Å². The predicted molar refractivity (Wildman–Crippen MR) is 94.2 cm³/mol. The Morgan fingerprint density at radius 2 is 2.08 bits per heavy atom. The van der Waals surface area contributed by atoms with E-state index in [0.717, 1.165) is 12.0 Å². The molecule has 24 heavy (non-hydrogen) atoms. The van der Waals surface area contributed by atoms with Crippen molar-refractivity contribution in [2.24, 2.45) is 5.92 Å². The Balaban J connectivity index is 2.23. The molecule has 0 aromatic heterocycles. The molecule has 1 saturated heterocycles. The van der Waals surface area contributed by atoms with E-state index in [2.05, 4.69) is 0 Å². The van der Waals surface area contributed by atoms with Crippen LogP contribution in [0.25, 0.3) is 0 Å². The van der Waals surface area contributed by atoms with Crippen LogP contribution in [-0.4, -0.2) is 34.6 Å². The van der Waals surface area contributed by atoms with E-state index in [1.165, 1.54) is 5.56 Å². The van der Waals surface area contributed by atoms with Crippen molar-refractivity contribution < 1.29 is 9.90 Å². The van der Waals surface area contributed by atoms with Crippen molar-refractivity contribution in [3.05, 3.63) is 47.0 Å². The fourth-order valence-corrected chi connectivity index (χ4v) is 3.15. The minimum absolute atomic E-state index is 0.133. The van der Waals surface area contributed by atoms with Gasteiger partial charge in [-0.25, -0.2) is 0 Å². The van der Waals surface area contributed by atoms with Crippen LogP contribution in [0.5, 0.6) is 0 Å². The molecular weight excluding hydrogens is 300 g/mol. The number of hydrogen-bond donors (Lipinski definition) is 1. The van der Waals surface area contributed by atoms with Crippen molar-refractivity contribution in [2.45, 2.75) is 52.2 Å². The van der Waals surface area contributed by atoms with E-state index in [1.807, 2.05) is 51.1 Å². The average molecular weight is 326 g/mol. The maximum atomic E-state index is 12.8. The number of carbonyl (C=O) groups excluding carboxylic acids is 1. The highest BCUT2D eigenvalue weighted by molar-refractivity contribution is 5.97. The SMILES string of the molecule is Cc1ccc(C[C@H]2[C@@H](O)CCCN2C(=O)C(C#N)=CC(C)C)cc1. The lowest BCUT2D eigenvalue weighted by Crippen LogP contribution is -2.52. The molecular formula is C20H26N2O2. The van der Waals surface area contributed by atoms with Gasteiger partial charge in [-0.3, -0.25) is 4.79 Å². The van der Waals surface area contributed by atoms with E-state index in [1.54, 1.807) is 11.0 Å². The van der Waals surface area contributed by atoms with Crippen molar-refractivity contribution >= 4 is 5.91 Å². The number of rotatable bonds is 4. The summed E-state index contributed by atoms with van der Waals surface area (Å²) in [7, 11) is 0. The molecule has 1 amide bonds. The third-order valence-corrected chi connectivity index (χ3v) is 4.42. The smallest absolute Gasteiger partial charge is 0.264 e. The Bertz CT molecular complexity index is 641. The maximum absolute atomic E-state index is 12.8. The molecule has 1 N–H and O–H groups in total. The van der Waals surface area contributed by atoms with Crippen LogP contribution in [0.15, 0.2) is 35.9 Å². The van der Waals surface area contributed by atoms with Crippen LogP contribution in [0.1, 0.15) is 37.8 Å². The van der Waals surface area contributed by atoms with Crippen molar-refractivity contribution in [1.82, 2.24) is 4.90 Å². The lowest BCUT2D eigenvalue weighted by Gasteiger charge is -2.39. The van der Waals surface area contributed by atoms with Crippen LogP contribution in [0.4, 0.5) is 0 Å². The fourth-order valence-electron chi connectivity index (χ4n) is 3.15. The zero-order chi connectivity index (χ0) is 17.7. The second-order valence-corrected chi connectivity index (χ2v) is 6.90. The number of likely N-dealkylation sites (tertiary alicyclic amines) is 1. The predicted octanol–water partition coefficient (Wildman–Crippen LogP) is 3.00. The van der Waals surface area contributed by atoms with Crippen molar-refractivity contribution in [1.29, 1.82) is 5.26 Å². The summed E-state index contributed by atoms with van der Waals surface area (Å²) in [5.74, 6) is -0.129. The number of hydrogen-bond acceptors (Lipinski definition) is 3. The molecule has 0 spiro atoms. The second kappa shape index (κ2) is 8.12. The van der Waals surface area contributed by atoms with Crippen molar-refractivity contribution in [2.75, 3.05) is 6.54 Å². The number of aryl methyl sites for hydroxylation is 1. The third-order valence-electron chi connectivity index (χ3n) is 4.42. The summed E-state index contributed by atoms with van der Waals surface area (Å²) in [6.45, 7) is 6.51. The molecule has 0 bridgehead atoms. The van der Waals surface area contributed by atoms with E-state index in [0.29, 0.717) is 19.4 Å². The van der Waals surface area contributed by atoms with Gasteiger partial charge >= 0.3 is 0 Å². The molecule has 4 nitrogen and oxygen atoms in total. The molecule has 0 radical (unpaired) electrons. The molecule has 2 atom stereocenters. The molecule has 1 aliphatic rings. The zero-order valence-corrected chi connectivity index (χ0v) is 14.7. The van der Waals surface area contributed by atoms with Crippen LogP contribution in [-0.2, 0) is 11.2 Å². The van der Waals surface area contributed by atoms with Gasteiger partial charge < -0.3 is 10.0 Å². The standard InChI is InChI=1S/C20H26N2O2/c1-14(2)11-17(13-21)20(24)22-10-4-5-19(23)18(22)12-16-8-6-15(3)7-9-16/h6-9,11,14,18-19,23H,4-5,10,12H2,1-3H3/t18-,19-/m0/s1. The van der Waals surface area contributed by atoms with Crippen molar-refractivity contribution in [3.8, 4) is 6.07 Å². The van der Waals surface area contributed by atoms with E-state index in [9.17, 15) is 15.2 Å². The molecule has 4 heteroatoms. The van der Waals surface area contributed by atoms with Gasteiger partial charge in [0.1, 0.15) is 11.6 Å². The van der Waals surface area contributed by atoms with E-state index in [-0.39, 0.29) is 23.4 Å². The Morgan fingerprint density at radius 1 is 1.42 bits per heavy atom. The summed E-state index contributed by atoms with van der Waals surface area (Å²) in [5, 5.41) is 19.8. The van der Waals surface area contributed by atoms with Crippen molar-refractivity contribution in [3.63, 3.8) is 0 Å². The van der Waals surface area contributed by atoms with E-state index >= 15 is 0 Å². The van der Waals surface area contributed by atoms with Crippen LogP contribution in [0.2, 0.25) is 0 Å². The molecule has 1 aromatic rings. The highest BCUT2D eigenvalue weighted by Crippen LogP contribution is 2.23. The number of nitriles is 1. The summed E-state index contributed by atoms with van der Waals surface area (Å²) < 4.78 is 0. The zero-order valence-electron chi connectivity index (χ0n) is 14.7. The lowest BCUT2D eigenvalue weighted by atomic mass is 9.92. The topological polar surface area (TPSA) is 64.3 Å². The third kappa shape index (κ3) is 4.46. The minimum Gasteiger partial charge on any atom is -0.391 e. The number of carbonyl (C=O) groups is 1. The summed E-state index contributed by atoms with van der Waals surface area (Å²) in [5.41, 5.74) is 2.45. The first kappa shape index (κ1) is 18.2.